The number of hydrogen-bond acceptors (Lipinski definition) is 3. The Hall–Kier alpha value is -0.120. The Morgan fingerprint density at radius 1 is 1.10 bits per heavy atom. The lowest BCUT2D eigenvalue weighted by molar-refractivity contribution is -0.0164. The van der Waals surface area contributed by atoms with Crippen LogP contribution in [-0.2, 0) is 4.74 Å². The highest BCUT2D eigenvalue weighted by Gasteiger charge is 2.37. The first kappa shape index (κ1) is 18.9. The van der Waals surface area contributed by atoms with Crippen molar-refractivity contribution in [1.82, 2.24) is 10.2 Å². The summed E-state index contributed by atoms with van der Waals surface area (Å²) < 4.78 is 5.62. The minimum absolute atomic E-state index is 0.180. The molecular formula is C18H38N2O. The maximum atomic E-state index is 5.62. The second-order valence-corrected chi connectivity index (χ2v) is 9.17. The number of rotatable bonds is 5. The second kappa shape index (κ2) is 6.97. The summed E-state index contributed by atoms with van der Waals surface area (Å²) in [6.07, 6.45) is 2.33. The number of nitrogens with zero attached hydrogens (tertiary/aromatic N) is 1. The van der Waals surface area contributed by atoms with E-state index in [1.807, 2.05) is 0 Å². The van der Waals surface area contributed by atoms with Crippen LogP contribution in [-0.4, -0.2) is 49.8 Å². The molecule has 126 valence electrons. The molecule has 1 atom stereocenters. The van der Waals surface area contributed by atoms with Gasteiger partial charge in [0.1, 0.15) is 0 Å². The van der Waals surface area contributed by atoms with Crippen molar-refractivity contribution in [2.45, 2.75) is 72.9 Å². The van der Waals surface area contributed by atoms with Crippen LogP contribution in [0.15, 0.2) is 0 Å². The molecule has 0 amide bonds. The Labute approximate surface area is 132 Å². The smallest absolute Gasteiger partial charge is 0.0472 e. The fourth-order valence-corrected chi connectivity index (χ4v) is 2.98. The first-order chi connectivity index (χ1) is 9.45. The quantitative estimate of drug-likeness (QED) is 0.840. The van der Waals surface area contributed by atoms with Gasteiger partial charge in [-0.3, -0.25) is 0 Å². The highest BCUT2D eigenvalue weighted by molar-refractivity contribution is 4.91. The molecule has 1 unspecified atom stereocenters. The van der Waals surface area contributed by atoms with Gasteiger partial charge in [0.05, 0.1) is 0 Å². The standard InChI is InChI=1S/C18H38N2O/c1-15(16(2,3)4)20(8)14-18(9-11-21-12-10-18)13-19-17(5,6)7/h15,19H,9-14H2,1-8H3. The lowest BCUT2D eigenvalue weighted by Crippen LogP contribution is -2.53. The summed E-state index contributed by atoms with van der Waals surface area (Å²) in [5, 5.41) is 3.73. The van der Waals surface area contributed by atoms with Crippen LogP contribution < -0.4 is 5.32 Å². The first-order valence-electron chi connectivity index (χ1n) is 8.48. The lowest BCUT2D eigenvalue weighted by Gasteiger charge is -2.45. The Morgan fingerprint density at radius 2 is 1.62 bits per heavy atom. The van der Waals surface area contributed by atoms with E-state index in [0.717, 1.165) is 39.1 Å². The molecule has 0 aromatic rings. The van der Waals surface area contributed by atoms with E-state index in [1.54, 1.807) is 0 Å². The van der Waals surface area contributed by atoms with Gasteiger partial charge >= 0.3 is 0 Å². The maximum absolute atomic E-state index is 5.62. The summed E-state index contributed by atoms with van der Waals surface area (Å²) in [6, 6.07) is 0.576. The van der Waals surface area contributed by atoms with Crippen molar-refractivity contribution in [1.29, 1.82) is 0 Å². The van der Waals surface area contributed by atoms with Crippen LogP contribution in [0.5, 0.6) is 0 Å². The van der Waals surface area contributed by atoms with E-state index in [2.05, 4.69) is 65.7 Å². The van der Waals surface area contributed by atoms with Gasteiger partial charge in [-0.25, -0.2) is 0 Å². The van der Waals surface area contributed by atoms with Crippen molar-refractivity contribution in [2.24, 2.45) is 10.8 Å². The second-order valence-electron chi connectivity index (χ2n) is 9.17. The highest BCUT2D eigenvalue weighted by Crippen LogP contribution is 2.33. The van der Waals surface area contributed by atoms with Crippen LogP contribution in [0.1, 0.15) is 61.3 Å². The zero-order valence-electron chi connectivity index (χ0n) is 15.7. The molecule has 1 fully saturated rings. The minimum atomic E-state index is 0.180. The van der Waals surface area contributed by atoms with E-state index in [9.17, 15) is 0 Å². The van der Waals surface area contributed by atoms with Gasteiger partial charge in [0.15, 0.2) is 0 Å². The minimum Gasteiger partial charge on any atom is -0.381 e. The molecule has 0 aromatic heterocycles. The molecule has 0 aliphatic carbocycles. The Bertz CT molecular complexity index is 308. The number of hydrogen-bond donors (Lipinski definition) is 1. The van der Waals surface area contributed by atoms with Crippen molar-refractivity contribution in [3.63, 3.8) is 0 Å². The predicted octanol–water partition coefficient (Wildman–Crippen LogP) is 3.54. The molecule has 1 rings (SSSR count). The highest BCUT2D eigenvalue weighted by atomic mass is 16.5. The van der Waals surface area contributed by atoms with E-state index >= 15 is 0 Å². The molecule has 0 bridgehead atoms. The number of ether oxygens (including phenoxy) is 1. The molecule has 3 nitrogen and oxygen atoms in total. The zero-order valence-corrected chi connectivity index (χ0v) is 15.7. The molecule has 1 saturated heterocycles. The molecule has 1 aliphatic rings. The first-order valence-corrected chi connectivity index (χ1v) is 8.48. The van der Waals surface area contributed by atoms with Gasteiger partial charge in [0, 0.05) is 37.9 Å². The third kappa shape index (κ3) is 6.25. The third-order valence-electron chi connectivity index (χ3n) is 5.05. The average molecular weight is 299 g/mol. The van der Waals surface area contributed by atoms with Crippen LogP contribution in [0.3, 0.4) is 0 Å². The fourth-order valence-electron chi connectivity index (χ4n) is 2.98. The monoisotopic (exact) mass is 298 g/mol. The topological polar surface area (TPSA) is 24.5 Å². The molecule has 1 heterocycles. The Kier molecular flexibility index (Phi) is 6.28. The lowest BCUT2D eigenvalue weighted by atomic mass is 9.77. The van der Waals surface area contributed by atoms with E-state index in [1.165, 1.54) is 0 Å². The average Bonchev–Trinajstić information content (AvgIpc) is 2.35. The summed E-state index contributed by atoms with van der Waals surface area (Å²) in [5.41, 5.74) is 0.845. The number of nitrogens with one attached hydrogen (secondary N) is 1. The molecule has 1 N–H and O–H groups in total. The van der Waals surface area contributed by atoms with Crippen LogP contribution >= 0.6 is 0 Å². The Balaban J connectivity index is 2.73. The van der Waals surface area contributed by atoms with Crippen LogP contribution in [0.25, 0.3) is 0 Å². The molecule has 0 aromatic carbocycles. The summed E-state index contributed by atoms with van der Waals surface area (Å²) >= 11 is 0. The van der Waals surface area contributed by atoms with Crippen molar-refractivity contribution in [3.05, 3.63) is 0 Å². The molecule has 1 aliphatic heterocycles. The van der Waals surface area contributed by atoms with Crippen molar-refractivity contribution < 1.29 is 4.74 Å². The van der Waals surface area contributed by atoms with Crippen molar-refractivity contribution >= 4 is 0 Å². The SMILES string of the molecule is CC(N(C)CC1(CNC(C)(C)C)CCOCC1)C(C)(C)C. The van der Waals surface area contributed by atoms with E-state index in [0.29, 0.717) is 16.9 Å². The van der Waals surface area contributed by atoms with Crippen molar-refractivity contribution in [2.75, 3.05) is 33.4 Å². The van der Waals surface area contributed by atoms with Gasteiger partial charge < -0.3 is 15.0 Å². The molecule has 0 spiro atoms. The summed E-state index contributed by atoms with van der Waals surface area (Å²) in [6.45, 7) is 20.1. The van der Waals surface area contributed by atoms with Gasteiger partial charge in [-0.1, -0.05) is 20.8 Å². The van der Waals surface area contributed by atoms with Gasteiger partial charge in [-0.2, -0.15) is 0 Å². The van der Waals surface area contributed by atoms with Gasteiger partial charge in [0.25, 0.3) is 0 Å². The van der Waals surface area contributed by atoms with Gasteiger partial charge in [-0.15, -0.1) is 0 Å². The fraction of sp³-hybridized carbons (Fsp3) is 1.00. The maximum Gasteiger partial charge on any atom is 0.0472 e. The van der Waals surface area contributed by atoms with Crippen molar-refractivity contribution in [3.8, 4) is 0 Å². The van der Waals surface area contributed by atoms with Crippen LogP contribution in [0.2, 0.25) is 0 Å². The summed E-state index contributed by atoms with van der Waals surface area (Å²) in [4.78, 5) is 2.55. The van der Waals surface area contributed by atoms with E-state index in [4.69, 9.17) is 4.74 Å². The zero-order chi connectivity index (χ0) is 16.3. The third-order valence-corrected chi connectivity index (χ3v) is 5.05. The molecule has 0 saturated carbocycles. The summed E-state index contributed by atoms with van der Waals surface area (Å²) in [7, 11) is 2.28. The molecular weight excluding hydrogens is 260 g/mol. The largest absolute Gasteiger partial charge is 0.381 e. The Morgan fingerprint density at radius 3 is 2.05 bits per heavy atom. The van der Waals surface area contributed by atoms with E-state index in [-0.39, 0.29) is 5.54 Å². The van der Waals surface area contributed by atoms with Crippen LogP contribution in [0.4, 0.5) is 0 Å². The molecule has 3 heteroatoms. The summed E-state index contributed by atoms with van der Waals surface area (Å²) in [5.74, 6) is 0. The van der Waals surface area contributed by atoms with Crippen LogP contribution in [0, 0.1) is 10.8 Å². The molecule has 21 heavy (non-hydrogen) atoms. The predicted molar refractivity (Wildman–Crippen MR) is 91.8 cm³/mol. The normalized spacial score (nSPS) is 21.6. The van der Waals surface area contributed by atoms with E-state index < -0.39 is 0 Å². The van der Waals surface area contributed by atoms with Gasteiger partial charge in [-0.05, 0) is 58.4 Å². The molecule has 0 radical (unpaired) electrons. The van der Waals surface area contributed by atoms with Gasteiger partial charge in [0.2, 0.25) is 0 Å².